The van der Waals surface area contributed by atoms with Crippen molar-refractivity contribution in [2.24, 2.45) is 0 Å². The molecule has 1 aromatic heterocycles. The Morgan fingerprint density at radius 3 is 2.64 bits per heavy atom. The molecule has 0 aromatic carbocycles. The first-order valence-electron chi connectivity index (χ1n) is 3.58. The molecule has 0 unspecified atom stereocenters. The highest BCUT2D eigenvalue weighted by Gasteiger charge is 2.19. The predicted octanol–water partition coefficient (Wildman–Crippen LogP) is 2.87. The van der Waals surface area contributed by atoms with Crippen molar-refractivity contribution in [2.45, 2.75) is 11.8 Å². The maximum Gasteiger partial charge on any atom is 0.283 e. The number of pyridine rings is 1. The molecule has 0 saturated heterocycles. The monoisotopic (exact) mass is 267 g/mol. The predicted molar refractivity (Wildman–Crippen MR) is 47.2 cm³/mol. The zero-order chi connectivity index (χ0) is 10.7. The molecule has 0 spiro atoms. The van der Waals surface area contributed by atoms with Crippen LogP contribution in [-0.4, -0.2) is 11.3 Å². The van der Waals surface area contributed by atoms with Crippen LogP contribution < -0.4 is 0 Å². The smallest absolute Gasteiger partial charge is 0.283 e. The summed E-state index contributed by atoms with van der Waals surface area (Å²) < 4.78 is 37.5. The van der Waals surface area contributed by atoms with E-state index >= 15 is 0 Å². The summed E-state index contributed by atoms with van der Waals surface area (Å²) >= 11 is 2.98. The minimum Gasteiger partial charge on any atom is -0.298 e. The first kappa shape index (κ1) is 11.2. The maximum absolute atomic E-state index is 13.1. The highest BCUT2D eigenvalue weighted by Crippen LogP contribution is 2.23. The fourth-order valence-corrected chi connectivity index (χ4v) is 1.21. The molecule has 1 heterocycles. The summed E-state index contributed by atoms with van der Waals surface area (Å²) in [4.78, 5) is 13.7. The van der Waals surface area contributed by atoms with Crippen LogP contribution in [0.2, 0.25) is 0 Å². The van der Waals surface area contributed by atoms with Crippen molar-refractivity contribution < 1.29 is 18.0 Å². The third-order valence-electron chi connectivity index (χ3n) is 1.54. The number of hydrogen-bond donors (Lipinski definition) is 0. The van der Waals surface area contributed by atoms with Gasteiger partial charge in [0.15, 0.2) is 12.1 Å². The second-order valence-electron chi connectivity index (χ2n) is 2.45. The second-order valence-corrected chi connectivity index (χ2v) is 3.01. The molecule has 1 aromatic rings. The first-order chi connectivity index (χ1) is 6.60. The summed E-state index contributed by atoms with van der Waals surface area (Å²) in [5.74, 6) is -1.25. The van der Waals surface area contributed by atoms with Gasteiger partial charge in [0.2, 0.25) is 0 Å². The van der Waals surface area contributed by atoms with Crippen LogP contribution >= 0.6 is 15.9 Å². The summed E-state index contributed by atoms with van der Waals surface area (Å²) in [5, 5.41) is 0.188. The van der Waals surface area contributed by atoms with Gasteiger partial charge in [-0.05, 0) is 6.07 Å². The lowest BCUT2D eigenvalue weighted by Crippen LogP contribution is -2.03. The lowest BCUT2D eigenvalue weighted by molar-refractivity contribution is 0.111. The van der Waals surface area contributed by atoms with Crippen LogP contribution in [0.15, 0.2) is 6.07 Å². The van der Waals surface area contributed by atoms with E-state index in [9.17, 15) is 18.0 Å². The van der Waals surface area contributed by atoms with Gasteiger partial charge in [0.05, 0.1) is 11.3 Å². The number of carbonyl (C=O) groups excluding carboxylic acids is 1. The minimum absolute atomic E-state index is 0.188. The lowest BCUT2D eigenvalue weighted by atomic mass is 10.2. The normalized spacial score (nSPS) is 10.6. The molecular weight excluding hydrogens is 263 g/mol. The Balaban J connectivity index is 3.34. The van der Waals surface area contributed by atoms with Crippen molar-refractivity contribution in [3.8, 4) is 0 Å². The molecule has 0 atom stereocenters. The van der Waals surface area contributed by atoms with Gasteiger partial charge in [-0.15, -0.1) is 0 Å². The molecule has 1 rings (SSSR count). The molecule has 6 heteroatoms. The topological polar surface area (TPSA) is 30.0 Å². The van der Waals surface area contributed by atoms with E-state index < -0.39 is 23.5 Å². The Hall–Kier alpha value is -0.910. The van der Waals surface area contributed by atoms with E-state index in [4.69, 9.17) is 0 Å². The molecule has 14 heavy (non-hydrogen) atoms. The maximum atomic E-state index is 13.1. The second kappa shape index (κ2) is 4.54. The van der Waals surface area contributed by atoms with E-state index in [0.717, 1.165) is 6.07 Å². The minimum atomic E-state index is -3.02. The van der Waals surface area contributed by atoms with Crippen molar-refractivity contribution in [1.29, 1.82) is 0 Å². The molecule has 0 bridgehead atoms. The van der Waals surface area contributed by atoms with Gasteiger partial charge in [-0.3, -0.25) is 4.79 Å². The summed E-state index contributed by atoms with van der Waals surface area (Å²) in [6, 6.07) is 1.13. The number of nitrogens with zero attached hydrogens (tertiary/aromatic N) is 1. The fourth-order valence-electron chi connectivity index (χ4n) is 0.926. The Bertz CT molecular complexity index is 357. The summed E-state index contributed by atoms with van der Waals surface area (Å²) in [5.41, 5.74) is -1.18. The summed E-state index contributed by atoms with van der Waals surface area (Å²) in [7, 11) is 0. The molecule has 0 fully saturated rings. The van der Waals surface area contributed by atoms with Crippen LogP contribution in [-0.2, 0) is 5.33 Å². The Morgan fingerprint density at radius 2 is 2.21 bits per heavy atom. The van der Waals surface area contributed by atoms with Gasteiger partial charge in [0.25, 0.3) is 6.43 Å². The molecule has 0 N–H and O–H groups in total. The largest absolute Gasteiger partial charge is 0.298 e. The number of aromatic nitrogens is 1. The lowest BCUT2D eigenvalue weighted by Gasteiger charge is -2.05. The molecule has 0 aliphatic carbocycles. The summed E-state index contributed by atoms with van der Waals surface area (Å²) in [6.45, 7) is 0. The van der Waals surface area contributed by atoms with Crippen LogP contribution in [0.25, 0.3) is 0 Å². The number of carbonyl (C=O) groups is 1. The SMILES string of the molecule is O=Cc1cc(CBr)nc(C(F)F)c1F. The van der Waals surface area contributed by atoms with Gasteiger partial charge in [-0.2, -0.15) is 0 Å². The van der Waals surface area contributed by atoms with Gasteiger partial charge in [0, 0.05) is 5.33 Å². The van der Waals surface area contributed by atoms with Crippen molar-refractivity contribution in [2.75, 3.05) is 0 Å². The van der Waals surface area contributed by atoms with E-state index in [0.29, 0.717) is 0 Å². The van der Waals surface area contributed by atoms with Crippen molar-refractivity contribution in [3.63, 3.8) is 0 Å². The Morgan fingerprint density at radius 1 is 1.57 bits per heavy atom. The number of hydrogen-bond acceptors (Lipinski definition) is 2. The van der Waals surface area contributed by atoms with Gasteiger partial charge < -0.3 is 0 Å². The van der Waals surface area contributed by atoms with E-state index in [1.807, 2.05) is 0 Å². The zero-order valence-corrected chi connectivity index (χ0v) is 8.39. The average Bonchev–Trinajstić information content (AvgIpc) is 2.17. The third-order valence-corrected chi connectivity index (χ3v) is 2.11. The van der Waals surface area contributed by atoms with Crippen LogP contribution in [0.5, 0.6) is 0 Å². The van der Waals surface area contributed by atoms with Gasteiger partial charge >= 0.3 is 0 Å². The van der Waals surface area contributed by atoms with Crippen molar-refractivity contribution in [3.05, 3.63) is 28.8 Å². The third kappa shape index (κ3) is 2.12. The van der Waals surface area contributed by atoms with E-state index in [1.54, 1.807) is 0 Å². The number of alkyl halides is 3. The number of rotatable bonds is 3. The quantitative estimate of drug-likeness (QED) is 0.623. The molecule has 0 aliphatic rings. The zero-order valence-electron chi connectivity index (χ0n) is 6.81. The molecule has 0 saturated carbocycles. The standard InChI is InChI=1S/C8H5BrF3NO/c9-2-5-1-4(3-14)6(10)7(13-5)8(11)12/h1,3,8H,2H2. The van der Waals surface area contributed by atoms with Crippen LogP contribution in [0.4, 0.5) is 13.2 Å². The fraction of sp³-hybridized carbons (Fsp3) is 0.250. The first-order valence-corrected chi connectivity index (χ1v) is 4.71. The van der Waals surface area contributed by atoms with Crippen LogP contribution in [0.1, 0.15) is 28.2 Å². The molecule has 0 aliphatic heterocycles. The Kier molecular flexibility index (Phi) is 3.62. The average molecular weight is 268 g/mol. The highest BCUT2D eigenvalue weighted by atomic mass is 79.9. The highest BCUT2D eigenvalue weighted by molar-refractivity contribution is 9.08. The summed E-state index contributed by atoms with van der Waals surface area (Å²) in [6.07, 6.45) is -2.83. The van der Waals surface area contributed by atoms with Gasteiger partial charge in [-0.25, -0.2) is 18.2 Å². The molecular formula is C8H5BrF3NO. The molecule has 2 nitrogen and oxygen atoms in total. The molecule has 0 radical (unpaired) electrons. The van der Waals surface area contributed by atoms with Gasteiger partial charge in [0.1, 0.15) is 5.69 Å². The molecule has 0 amide bonds. The number of halogens is 4. The van der Waals surface area contributed by atoms with Crippen molar-refractivity contribution in [1.82, 2.24) is 4.98 Å². The van der Waals surface area contributed by atoms with Gasteiger partial charge in [-0.1, -0.05) is 15.9 Å². The van der Waals surface area contributed by atoms with E-state index in [-0.39, 0.29) is 17.3 Å². The molecule has 76 valence electrons. The van der Waals surface area contributed by atoms with E-state index in [1.165, 1.54) is 0 Å². The Labute approximate surface area is 86.3 Å². The van der Waals surface area contributed by atoms with Crippen LogP contribution in [0, 0.1) is 5.82 Å². The van der Waals surface area contributed by atoms with E-state index in [2.05, 4.69) is 20.9 Å². The van der Waals surface area contributed by atoms with Crippen molar-refractivity contribution >= 4 is 22.2 Å². The number of aldehydes is 1. The van der Waals surface area contributed by atoms with Crippen LogP contribution in [0.3, 0.4) is 0 Å².